The fourth-order valence-electron chi connectivity index (χ4n) is 1.66. The predicted molar refractivity (Wildman–Crippen MR) is 69.0 cm³/mol. The molecule has 1 heterocycles. The van der Waals surface area contributed by atoms with Crippen LogP contribution in [0.3, 0.4) is 0 Å². The summed E-state index contributed by atoms with van der Waals surface area (Å²) in [6, 6.07) is 3.73. The Bertz CT molecular complexity index is 646. The second kappa shape index (κ2) is 4.38. The van der Waals surface area contributed by atoms with Gasteiger partial charge in [0, 0.05) is 11.6 Å². The van der Waals surface area contributed by atoms with Crippen LogP contribution in [-0.4, -0.2) is 4.98 Å². The van der Waals surface area contributed by atoms with E-state index >= 15 is 0 Å². The highest BCUT2D eigenvalue weighted by molar-refractivity contribution is 6.41. The molecule has 17 heavy (non-hydrogen) atoms. The lowest BCUT2D eigenvalue weighted by Gasteiger charge is -2.11. The van der Waals surface area contributed by atoms with Gasteiger partial charge in [0.2, 0.25) is 0 Å². The van der Waals surface area contributed by atoms with E-state index in [1.54, 1.807) is 6.07 Å². The number of pyridine rings is 1. The van der Waals surface area contributed by atoms with Crippen molar-refractivity contribution in [2.75, 3.05) is 5.43 Å². The smallest absolute Gasteiger partial charge is 0.103 e. The number of nitrogens with two attached hydrogens (primary N) is 1. The van der Waals surface area contributed by atoms with Gasteiger partial charge in [0.1, 0.15) is 6.07 Å². The largest absolute Gasteiger partial charge is 0.322 e. The molecule has 0 radical (unpaired) electrons. The SMILES string of the molecule is Cc1cc(Cl)c2ncc(C#N)c(NN)c2c1Cl. The maximum absolute atomic E-state index is 8.98. The number of nitrogens with zero attached hydrogens (tertiary/aromatic N) is 2. The fraction of sp³-hybridized carbons (Fsp3) is 0.0909. The number of nitriles is 1. The van der Waals surface area contributed by atoms with E-state index in [1.807, 2.05) is 13.0 Å². The average molecular weight is 267 g/mol. The van der Waals surface area contributed by atoms with E-state index in [0.29, 0.717) is 32.2 Å². The van der Waals surface area contributed by atoms with Gasteiger partial charge >= 0.3 is 0 Å². The third-order valence-corrected chi connectivity index (χ3v) is 3.25. The second-order valence-corrected chi connectivity index (χ2v) is 4.30. The van der Waals surface area contributed by atoms with Gasteiger partial charge in [-0.15, -0.1) is 0 Å². The van der Waals surface area contributed by atoms with Crippen LogP contribution in [0, 0.1) is 18.3 Å². The van der Waals surface area contributed by atoms with Gasteiger partial charge in [-0.25, -0.2) is 0 Å². The number of hydrogen-bond donors (Lipinski definition) is 2. The highest BCUT2D eigenvalue weighted by Crippen LogP contribution is 2.37. The Morgan fingerprint density at radius 1 is 1.47 bits per heavy atom. The highest BCUT2D eigenvalue weighted by Gasteiger charge is 2.15. The molecule has 3 N–H and O–H groups in total. The van der Waals surface area contributed by atoms with Crippen LogP contribution in [0.1, 0.15) is 11.1 Å². The molecule has 0 fully saturated rings. The summed E-state index contributed by atoms with van der Waals surface area (Å²) in [6.07, 6.45) is 1.41. The summed E-state index contributed by atoms with van der Waals surface area (Å²) in [6.45, 7) is 1.83. The summed E-state index contributed by atoms with van der Waals surface area (Å²) in [5, 5.41) is 10.5. The van der Waals surface area contributed by atoms with Gasteiger partial charge in [0.25, 0.3) is 0 Å². The monoisotopic (exact) mass is 266 g/mol. The number of nitrogens with one attached hydrogen (secondary N) is 1. The van der Waals surface area contributed by atoms with Crippen LogP contribution >= 0.6 is 23.2 Å². The standard InChI is InChI=1S/C11H8Cl2N4/c1-5-2-7(12)11-8(9(5)13)10(17-15)6(3-14)4-16-11/h2,4H,15H2,1H3,(H,16,17). The van der Waals surface area contributed by atoms with Gasteiger partial charge < -0.3 is 5.43 Å². The van der Waals surface area contributed by atoms with Crippen molar-refractivity contribution in [1.82, 2.24) is 4.98 Å². The summed E-state index contributed by atoms with van der Waals surface area (Å²) in [7, 11) is 0. The van der Waals surface area contributed by atoms with E-state index in [2.05, 4.69) is 10.4 Å². The topological polar surface area (TPSA) is 74.7 Å². The molecule has 0 bridgehead atoms. The fourth-order valence-corrected chi connectivity index (χ4v) is 2.21. The first-order valence-electron chi connectivity index (χ1n) is 4.74. The van der Waals surface area contributed by atoms with Crippen molar-refractivity contribution in [3.05, 3.63) is 33.4 Å². The van der Waals surface area contributed by atoms with Crippen molar-refractivity contribution in [1.29, 1.82) is 5.26 Å². The predicted octanol–water partition coefficient (Wildman–Crippen LogP) is 3.01. The Hall–Kier alpha value is -1.54. The summed E-state index contributed by atoms with van der Waals surface area (Å²) < 4.78 is 0. The second-order valence-electron chi connectivity index (χ2n) is 3.52. The zero-order valence-electron chi connectivity index (χ0n) is 8.88. The molecule has 0 unspecified atom stereocenters. The first kappa shape index (κ1) is 11.9. The lowest BCUT2D eigenvalue weighted by atomic mass is 10.1. The van der Waals surface area contributed by atoms with Crippen LogP contribution in [0.25, 0.3) is 10.9 Å². The van der Waals surface area contributed by atoms with Gasteiger partial charge in [-0.3, -0.25) is 10.8 Å². The molecule has 6 heteroatoms. The number of rotatable bonds is 1. The van der Waals surface area contributed by atoms with E-state index in [1.165, 1.54) is 6.20 Å². The third-order valence-electron chi connectivity index (χ3n) is 2.48. The molecule has 0 aliphatic carbocycles. The van der Waals surface area contributed by atoms with Crippen LogP contribution in [0.4, 0.5) is 5.69 Å². The molecule has 1 aromatic carbocycles. The molecule has 0 saturated heterocycles. The molecular formula is C11H8Cl2N4. The Labute approximate surface area is 108 Å². The van der Waals surface area contributed by atoms with Crippen LogP contribution in [0.2, 0.25) is 10.0 Å². The summed E-state index contributed by atoms with van der Waals surface area (Å²) >= 11 is 12.3. The Morgan fingerprint density at radius 3 is 2.76 bits per heavy atom. The Kier molecular flexibility index (Phi) is 3.07. The van der Waals surface area contributed by atoms with E-state index in [-0.39, 0.29) is 0 Å². The number of halogens is 2. The highest BCUT2D eigenvalue weighted by atomic mass is 35.5. The zero-order valence-corrected chi connectivity index (χ0v) is 10.4. The van der Waals surface area contributed by atoms with E-state index < -0.39 is 0 Å². The Balaban J connectivity index is 3.03. The van der Waals surface area contributed by atoms with Gasteiger partial charge in [0.15, 0.2) is 0 Å². The van der Waals surface area contributed by atoms with E-state index in [9.17, 15) is 0 Å². The summed E-state index contributed by atoms with van der Waals surface area (Å²) in [5.41, 5.74) is 4.57. The van der Waals surface area contributed by atoms with Crippen molar-refractivity contribution >= 4 is 39.8 Å². The molecule has 2 rings (SSSR count). The maximum atomic E-state index is 8.98. The van der Waals surface area contributed by atoms with Crippen LogP contribution in [0.15, 0.2) is 12.3 Å². The van der Waals surface area contributed by atoms with Crippen molar-refractivity contribution in [3.8, 4) is 6.07 Å². The number of nitrogen functional groups attached to an aromatic ring is 1. The molecule has 4 nitrogen and oxygen atoms in total. The van der Waals surface area contributed by atoms with Crippen molar-refractivity contribution in [3.63, 3.8) is 0 Å². The zero-order chi connectivity index (χ0) is 12.6. The minimum absolute atomic E-state index is 0.323. The maximum Gasteiger partial charge on any atom is 0.103 e. The van der Waals surface area contributed by atoms with Crippen molar-refractivity contribution in [2.45, 2.75) is 6.92 Å². The number of fused-ring (bicyclic) bond motifs is 1. The van der Waals surface area contributed by atoms with E-state index in [0.717, 1.165) is 5.56 Å². The lowest BCUT2D eigenvalue weighted by Crippen LogP contribution is -2.10. The van der Waals surface area contributed by atoms with E-state index in [4.69, 9.17) is 34.3 Å². The number of hydrogen-bond acceptors (Lipinski definition) is 4. The minimum Gasteiger partial charge on any atom is -0.322 e. The minimum atomic E-state index is 0.323. The van der Waals surface area contributed by atoms with Gasteiger partial charge in [-0.2, -0.15) is 5.26 Å². The molecule has 1 aromatic heterocycles. The molecule has 0 amide bonds. The number of aryl methyl sites for hydroxylation is 1. The van der Waals surface area contributed by atoms with Crippen LogP contribution in [0.5, 0.6) is 0 Å². The number of anilines is 1. The van der Waals surface area contributed by atoms with Crippen LogP contribution < -0.4 is 11.3 Å². The number of aromatic nitrogens is 1. The van der Waals surface area contributed by atoms with Gasteiger partial charge in [0.05, 0.1) is 26.8 Å². The number of benzene rings is 1. The molecule has 2 aromatic rings. The Morgan fingerprint density at radius 2 is 2.18 bits per heavy atom. The van der Waals surface area contributed by atoms with Crippen molar-refractivity contribution in [2.24, 2.45) is 5.84 Å². The van der Waals surface area contributed by atoms with Gasteiger partial charge in [-0.05, 0) is 18.6 Å². The van der Waals surface area contributed by atoms with Gasteiger partial charge in [-0.1, -0.05) is 23.2 Å². The lowest BCUT2D eigenvalue weighted by molar-refractivity contribution is 1.30. The first-order valence-corrected chi connectivity index (χ1v) is 5.49. The molecule has 0 aliphatic rings. The molecule has 0 saturated carbocycles. The molecule has 0 spiro atoms. The summed E-state index contributed by atoms with van der Waals surface area (Å²) in [4.78, 5) is 4.13. The molecule has 0 atom stereocenters. The average Bonchev–Trinajstić information content (AvgIpc) is 2.34. The normalized spacial score (nSPS) is 10.3. The molecule has 0 aliphatic heterocycles. The van der Waals surface area contributed by atoms with Crippen LogP contribution in [-0.2, 0) is 0 Å². The quantitative estimate of drug-likeness (QED) is 0.615. The number of hydrazine groups is 1. The first-order chi connectivity index (χ1) is 8.10. The third kappa shape index (κ3) is 1.79. The molecular weight excluding hydrogens is 259 g/mol. The van der Waals surface area contributed by atoms with Crippen molar-refractivity contribution < 1.29 is 0 Å². The molecule has 86 valence electrons. The summed E-state index contributed by atoms with van der Waals surface area (Å²) in [5.74, 6) is 5.43.